The van der Waals surface area contributed by atoms with Crippen LogP contribution in [0.5, 0.6) is 0 Å². The van der Waals surface area contributed by atoms with Gasteiger partial charge in [0.1, 0.15) is 0 Å². The number of rotatable bonds is 5. The van der Waals surface area contributed by atoms with Crippen molar-refractivity contribution in [1.29, 1.82) is 0 Å². The summed E-state index contributed by atoms with van der Waals surface area (Å²) in [6, 6.07) is 7.77. The first-order valence-corrected chi connectivity index (χ1v) is 7.08. The van der Waals surface area contributed by atoms with Gasteiger partial charge in [0.2, 0.25) is 0 Å². The van der Waals surface area contributed by atoms with Gasteiger partial charge >= 0.3 is 0 Å². The molecule has 0 amide bonds. The van der Waals surface area contributed by atoms with Crippen LogP contribution in [0.1, 0.15) is 55.8 Å². The lowest BCUT2D eigenvalue weighted by Gasteiger charge is -2.25. The third kappa shape index (κ3) is 2.71. The van der Waals surface area contributed by atoms with Crippen molar-refractivity contribution < 1.29 is 0 Å². The molecule has 1 unspecified atom stereocenters. The Balaban J connectivity index is 2.11. The monoisotopic (exact) mass is 231 g/mol. The fourth-order valence-corrected chi connectivity index (χ4v) is 2.89. The van der Waals surface area contributed by atoms with E-state index in [-0.39, 0.29) is 0 Å². The third-order valence-corrected chi connectivity index (χ3v) is 4.06. The number of nitrogens with zero attached hydrogens (tertiary/aromatic N) is 1. The summed E-state index contributed by atoms with van der Waals surface area (Å²) >= 11 is 0. The van der Waals surface area contributed by atoms with Gasteiger partial charge in [-0.2, -0.15) is 0 Å². The number of benzene rings is 1. The number of hydrogen-bond acceptors (Lipinski definition) is 1. The van der Waals surface area contributed by atoms with Gasteiger partial charge in [0, 0.05) is 6.04 Å². The summed E-state index contributed by atoms with van der Waals surface area (Å²) in [6.07, 6.45) is 6.34. The SMILES string of the molecule is CCCCN(C)C1CCc2cc(CC)ccc21. The number of hydrogen-bond donors (Lipinski definition) is 0. The maximum atomic E-state index is 2.54. The second-order valence-electron chi connectivity index (χ2n) is 5.28. The molecule has 2 rings (SSSR count). The molecule has 1 atom stereocenters. The van der Waals surface area contributed by atoms with E-state index in [2.05, 4.69) is 44.0 Å². The van der Waals surface area contributed by atoms with E-state index in [0.29, 0.717) is 6.04 Å². The first-order chi connectivity index (χ1) is 8.26. The maximum absolute atomic E-state index is 2.54. The lowest BCUT2D eigenvalue weighted by Crippen LogP contribution is -2.23. The van der Waals surface area contributed by atoms with Crippen LogP contribution in [0.15, 0.2) is 18.2 Å². The second kappa shape index (κ2) is 5.68. The highest BCUT2D eigenvalue weighted by atomic mass is 15.1. The molecule has 0 spiro atoms. The molecule has 1 heteroatoms. The van der Waals surface area contributed by atoms with Gasteiger partial charge in [-0.15, -0.1) is 0 Å². The average Bonchev–Trinajstić information content (AvgIpc) is 2.78. The van der Waals surface area contributed by atoms with Crippen LogP contribution in [0.3, 0.4) is 0 Å². The van der Waals surface area contributed by atoms with Crippen LogP contribution < -0.4 is 0 Å². The fraction of sp³-hybridized carbons (Fsp3) is 0.625. The zero-order valence-electron chi connectivity index (χ0n) is 11.5. The van der Waals surface area contributed by atoms with Crippen molar-refractivity contribution in [3.63, 3.8) is 0 Å². The molecule has 0 heterocycles. The van der Waals surface area contributed by atoms with Crippen LogP contribution in [0, 0.1) is 0 Å². The predicted molar refractivity (Wildman–Crippen MR) is 74.4 cm³/mol. The van der Waals surface area contributed by atoms with E-state index in [1.807, 2.05) is 0 Å². The molecule has 0 fully saturated rings. The van der Waals surface area contributed by atoms with Gasteiger partial charge in [0.25, 0.3) is 0 Å². The molecule has 1 aromatic rings. The molecule has 0 aliphatic heterocycles. The Labute approximate surface area is 106 Å². The Morgan fingerprint density at radius 3 is 2.82 bits per heavy atom. The van der Waals surface area contributed by atoms with Crippen LogP contribution >= 0.6 is 0 Å². The summed E-state index contributed by atoms with van der Waals surface area (Å²) in [5.41, 5.74) is 4.67. The molecule has 0 radical (unpaired) electrons. The lowest BCUT2D eigenvalue weighted by atomic mass is 10.0. The van der Waals surface area contributed by atoms with Crippen LogP contribution in [-0.4, -0.2) is 18.5 Å². The largest absolute Gasteiger partial charge is 0.299 e. The molecular formula is C16H25N. The van der Waals surface area contributed by atoms with Gasteiger partial charge in [-0.25, -0.2) is 0 Å². The smallest absolute Gasteiger partial charge is 0.0350 e. The molecule has 17 heavy (non-hydrogen) atoms. The molecule has 1 nitrogen and oxygen atoms in total. The van der Waals surface area contributed by atoms with Gasteiger partial charge in [0.15, 0.2) is 0 Å². The Hall–Kier alpha value is -0.820. The van der Waals surface area contributed by atoms with Crippen molar-refractivity contribution in [2.24, 2.45) is 0 Å². The minimum atomic E-state index is 0.669. The predicted octanol–water partition coefficient (Wildman–Crippen LogP) is 3.97. The summed E-state index contributed by atoms with van der Waals surface area (Å²) in [5, 5.41) is 0. The van der Waals surface area contributed by atoms with E-state index in [4.69, 9.17) is 0 Å². The summed E-state index contributed by atoms with van der Waals surface area (Å²) in [6.45, 7) is 5.74. The molecule has 0 saturated heterocycles. The number of unbranched alkanes of at least 4 members (excludes halogenated alkanes) is 1. The highest BCUT2D eigenvalue weighted by Crippen LogP contribution is 2.35. The van der Waals surface area contributed by atoms with E-state index >= 15 is 0 Å². The maximum Gasteiger partial charge on any atom is 0.0350 e. The van der Waals surface area contributed by atoms with E-state index in [0.717, 1.165) is 6.42 Å². The van der Waals surface area contributed by atoms with Crippen molar-refractivity contribution in [2.45, 2.75) is 52.0 Å². The number of aryl methyl sites for hydroxylation is 2. The van der Waals surface area contributed by atoms with E-state index in [9.17, 15) is 0 Å². The van der Waals surface area contributed by atoms with Crippen molar-refractivity contribution in [2.75, 3.05) is 13.6 Å². The van der Waals surface area contributed by atoms with E-state index < -0.39 is 0 Å². The topological polar surface area (TPSA) is 3.24 Å². The highest BCUT2D eigenvalue weighted by Gasteiger charge is 2.25. The molecular weight excluding hydrogens is 206 g/mol. The van der Waals surface area contributed by atoms with Crippen molar-refractivity contribution in [3.8, 4) is 0 Å². The molecule has 1 aromatic carbocycles. The fourth-order valence-electron chi connectivity index (χ4n) is 2.89. The lowest BCUT2D eigenvalue weighted by molar-refractivity contribution is 0.241. The van der Waals surface area contributed by atoms with Crippen molar-refractivity contribution >= 4 is 0 Å². The second-order valence-corrected chi connectivity index (χ2v) is 5.28. The third-order valence-electron chi connectivity index (χ3n) is 4.06. The van der Waals surface area contributed by atoms with Gasteiger partial charge in [-0.05, 0) is 56.0 Å². The van der Waals surface area contributed by atoms with E-state index in [1.54, 1.807) is 11.1 Å². The Bertz CT molecular complexity index is 370. The quantitative estimate of drug-likeness (QED) is 0.741. The number of fused-ring (bicyclic) bond motifs is 1. The Morgan fingerprint density at radius 1 is 1.29 bits per heavy atom. The van der Waals surface area contributed by atoms with Crippen LogP contribution in [0.2, 0.25) is 0 Å². The molecule has 94 valence electrons. The first kappa shape index (κ1) is 12.6. The molecule has 0 saturated carbocycles. The highest BCUT2D eigenvalue weighted by molar-refractivity contribution is 5.38. The van der Waals surface area contributed by atoms with Gasteiger partial charge in [0.05, 0.1) is 0 Å². The molecule has 0 bridgehead atoms. The summed E-state index contributed by atoms with van der Waals surface area (Å²) in [4.78, 5) is 2.54. The molecule has 0 N–H and O–H groups in total. The van der Waals surface area contributed by atoms with E-state index in [1.165, 1.54) is 37.8 Å². The summed E-state index contributed by atoms with van der Waals surface area (Å²) in [5.74, 6) is 0. The summed E-state index contributed by atoms with van der Waals surface area (Å²) < 4.78 is 0. The van der Waals surface area contributed by atoms with Crippen molar-refractivity contribution in [3.05, 3.63) is 34.9 Å². The standard InChI is InChI=1S/C16H25N/c1-4-6-11-17(3)16-10-8-14-12-13(5-2)7-9-15(14)16/h7,9,12,16H,4-6,8,10-11H2,1-3H3. The minimum Gasteiger partial charge on any atom is -0.299 e. The average molecular weight is 231 g/mol. The molecule has 0 aromatic heterocycles. The zero-order chi connectivity index (χ0) is 12.3. The van der Waals surface area contributed by atoms with Crippen LogP contribution in [0.25, 0.3) is 0 Å². The van der Waals surface area contributed by atoms with Gasteiger partial charge in [-0.3, -0.25) is 4.90 Å². The Morgan fingerprint density at radius 2 is 2.12 bits per heavy atom. The Kier molecular flexibility index (Phi) is 4.22. The van der Waals surface area contributed by atoms with Crippen LogP contribution in [-0.2, 0) is 12.8 Å². The zero-order valence-corrected chi connectivity index (χ0v) is 11.5. The van der Waals surface area contributed by atoms with Crippen LogP contribution in [0.4, 0.5) is 0 Å². The first-order valence-electron chi connectivity index (χ1n) is 7.08. The molecule has 1 aliphatic rings. The minimum absolute atomic E-state index is 0.669. The van der Waals surface area contributed by atoms with Gasteiger partial charge < -0.3 is 0 Å². The summed E-state index contributed by atoms with van der Waals surface area (Å²) in [7, 11) is 2.28. The van der Waals surface area contributed by atoms with Gasteiger partial charge in [-0.1, -0.05) is 38.5 Å². The molecule has 1 aliphatic carbocycles. The van der Waals surface area contributed by atoms with Crippen molar-refractivity contribution in [1.82, 2.24) is 4.90 Å². The normalized spacial score (nSPS) is 18.7.